The number of carbonyl (C=O) groups excluding carboxylic acids is 1. The number of aromatic nitrogens is 1. The summed E-state index contributed by atoms with van der Waals surface area (Å²) in [6, 6.07) is 3.86. The Morgan fingerprint density at radius 3 is 2.83 bits per heavy atom. The van der Waals surface area contributed by atoms with E-state index in [-0.39, 0.29) is 0 Å². The van der Waals surface area contributed by atoms with Gasteiger partial charge in [-0.1, -0.05) is 6.07 Å². The molecule has 2 rings (SSSR count). The standard InChI is InChI=1S/C9H10N2O/c12-6-11-9-4-3-8(5-10-9)7-1-2-7/h3-7H,1-2H2,(H,10,11,12). The Labute approximate surface area is 70.8 Å². The molecule has 3 nitrogen and oxygen atoms in total. The Balaban J connectivity index is 2.12. The van der Waals surface area contributed by atoms with Crippen molar-refractivity contribution in [3.63, 3.8) is 0 Å². The van der Waals surface area contributed by atoms with Crippen LogP contribution < -0.4 is 5.32 Å². The normalized spacial score (nSPS) is 15.7. The Morgan fingerprint density at radius 1 is 1.50 bits per heavy atom. The van der Waals surface area contributed by atoms with E-state index >= 15 is 0 Å². The topological polar surface area (TPSA) is 42.0 Å². The van der Waals surface area contributed by atoms with Crippen molar-refractivity contribution in [1.29, 1.82) is 0 Å². The van der Waals surface area contributed by atoms with Crippen molar-refractivity contribution in [3.8, 4) is 0 Å². The van der Waals surface area contributed by atoms with Crippen molar-refractivity contribution in [2.45, 2.75) is 18.8 Å². The third kappa shape index (κ3) is 1.44. The summed E-state index contributed by atoms with van der Waals surface area (Å²) in [6.07, 6.45) is 5.03. The van der Waals surface area contributed by atoms with Crippen molar-refractivity contribution in [2.24, 2.45) is 0 Å². The van der Waals surface area contributed by atoms with Crippen LogP contribution in [0.15, 0.2) is 18.3 Å². The lowest BCUT2D eigenvalue weighted by Crippen LogP contribution is -1.96. The number of hydrogen-bond acceptors (Lipinski definition) is 2. The van der Waals surface area contributed by atoms with Gasteiger partial charge in [0, 0.05) is 6.20 Å². The van der Waals surface area contributed by atoms with Crippen LogP contribution in [0.3, 0.4) is 0 Å². The van der Waals surface area contributed by atoms with Crippen LogP contribution in [-0.2, 0) is 4.79 Å². The number of carbonyl (C=O) groups is 1. The molecular formula is C9H10N2O. The second kappa shape index (κ2) is 2.93. The maximum absolute atomic E-state index is 10.1. The van der Waals surface area contributed by atoms with Gasteiger partial charge in [-0.2, -0.15) is 0 Å². The monoisotopic (exact) mass is 162 g/mol. The fourth-order valence-electron chi connectivity index (χ4n) is 1.21. The molecule has 1 aliphatic carbocycles. The molecule has 1 aliphatic rings. The highest BCUT2D eigenvalue weighted by molar-refractivity contribution is 5.68. The molecule has 0 saturated heterocycles. The number of anilines is 1. The van der Waals surface area contributed by atoms with E-state index < -0.39 is 0 Å². The lowest BCUT2D eigenvalue weighted by molar-refractivity contribution is -0.105. The van der Waals surface area contributed by atoms with Gasteiger partial charge < -0.3 is 5.32 Å². The van der Waals surface area contributed by atoms with Crippen molar-refractivity contribution < 1.29 is 4.79 Å². The molecule has 1 aromatic heterocycles. The summed E-state index contributed by atoms with van der Waals surface area (Å²) in [5.41, 5.74) is 1.28. The van der Waals surface area contributed by atoms with Gasteiger partial charge in [-0.05, 0) is 30.4 Å². The predicted molar refractivity (Wildman–Crippen MR) is 45.9 cm³/mol. The molecule has 0 aromatic carbocycles. The lowest BCUT2D eigenvalue weighted by Gasteiger charge is -1.99. The first kappa shape index (κ1) is 7.28. The van der Waals surface area contributed by atoms with E-state index in [2.05, 4.69) is 10.3 Å². The minimum absolute atomic E-state index is 0.620. The van der Waals surface area contributed by atoms with Gasteiger partial charge in [-0.15, -0.1) is 0 Å². The van der Waals surface area contributed by atoms with Crippen LogP contribution in [0.1, 0.15) is 24.3 Å². The average Bonchev–Trinajstić information content (AvgIpc) is 2.89. The van der Waals surface area contributed by atoms with Crippen LogP contribution in [0.4, 0.5) is 5.82 Å². The quantitative estimate of drug-likeness (QED) is 0.685. The molecule has 1 N–H and O–H groups in total. The zero-order chi connectivity index (χ0) is 8.39. The van der Waals surface area contributed by atoms with Gasteiger partial charge in [0.1, 0.15) is 5.82 Å². The summed E-state index contributed by atoms with van der Waals surface area (Å²) in [5.74, 6) is 1.34. The van der Waals surface area contributed by atoms with E-state index in [0.717, 1.165) is 5.92 Å². The molecule has 12 heavy (non-hydrogen) atoms. The first-order chi connectivity index (χ1) is 5.90. The average molecular weight is 162 g/mol. The van der Waals surface area contributed by atoms with E-state index in [9.17, 15) is 4.79 Å². The fraction of sp³-hybridized carbons (Fsp3) is 0.333. The molecule has 0 aliphatic heterocycles. The molecule has 0 bridgehead atoms. The summed E-state index contributed by atoms with van der Waals surface area (Å²) < 4.78 is 0. The van der Waals surface area contributed by atoms with Crippen molar-refractivity contribution in [1.82, 2.24) is 4.98 Å². The molecule has 0 unspecified atom stereocenters. The number of amides is 1. The summed E-state index contributed by atoms with van der Waals surface area (Å²) in [5, 5.41) is 2.50. The molecule has 0 radical (unpaired) electrons. The number of rotatable bonds is 3. The lowest BCUT2D eigenvalue weighted by atomic mass is 10.2. The van der Waals surface area contributed by atoms with Gasteiger partial charge >= 0.3 is 0 Å². The predicted octanol–water partition coefficient (Wildman–Crippen LogP) is 1.53. The van der Waals surface area contributed by atoms with Gasteiger partial charge in [-0.3, -0.25) is 4.79 Å². The Bertz CT molecular complexity index is 277. The van der Waals surface area contributed by atoms with Gasteiger partial charge in [0.15, 0.2) is 0 Å². The summed E-state index contributed by atoms with van der Waals surface area (Å²) in [6.45, 7) is 0. The summed E-state index contributed by atoms with van der Waals surface area (Å²) in [4.78, 5) is 14.1. The van der Waals surface area contributed by atoms with Crippen LogP contribution in [0.5, 0.6) is 0 Å². The third-order valence-electron chi connectivity index (χ3n) is 2.04. The van der Waals surface area contributed by atoms with E-state index in [4.69, 9.17) is 0 Å². The Kier molecular flexibility index (Phi) is 1.78. The van der Waals surface area contributed by atoms with E-state index in [1.165, 1.54) is 18.4 Å². The minimum Gasteiger partial charge on any atom is -0.313 e. The zero-order valence-electron chi connectivity index (χ0n) is 6.66. The third-order valence-corrected chi connectivity index (χ3v) is 2.04. The van der Waals surface area contributed by atoms with Crippen LogP contribution in [0, 0.1) is 0 Å². The largest absolute Gasteiger partial charge is 0.313 e. The highest BCUT2D eigenvalue weighted by Crippen LogP contribution is 2.39. The maximum atomic E-state index is 10.1. The van der Waals surface area contributed by atoms with Gasteiger partial charge in [0.05, 0.1) is 0 Å². The van der Waals surface area contributed by atoms with E-state index in [1.54, 1.807) is 0 Å². The van der Waals surface area contributed by atoms with Crippen molar-refractivity contribution >= 4 is 12.2 Å². The number of hydrogen-bond donors (Lipinski definition) is 1. The molecule has 1 fully saturated rings. The van der Waals surface area contributed by atoms with Crippen LogP contribution >= 0.6 is 0 Å². The van der Waals surface area contributed by atoms with Crippen LogP contribution in [0.25, 0.3) is 0 Å². The molecule has 62 valence electrons. The van der Waals surface area contributed by atoms with Crippen molar-refractivity contribution in [3.05, 3.63) is 23.9 Å². The molecule has 1 saturated carbocycles. The van der Waals surface area contributed by atoms with Crippen molar-refractivity contribution in [2.75, 3.05) is 5.32 Å². The zero-order valence-corrected chi connectivity index (χ0v) is 6.66. The number of pyridine rings is 1. The highest BCUT2D eigenvalue weighted by atomic mass is 16.1. The minimum atomic E-state index is 0.620. The fourth-order valence-corrected chi connectivity index (χ4v) is 1.21. The Morgan fingerprint density at radius 2 is 2.33 bits per heavy atom. The van der Waals surface area contributed by atoms with Gasteiger partial charge in [0.25, 0.3) is 0 Å². The van der Waals surface area contributed by atoms with Gasteiger partial charge in [0.2, 0.25) is 6.41 Å². The smallest absolute Gasteiger partial charge is 0.212 e. The van der Waals surface area contributed by atoms with Crippen LogP contribution in [-0.4, -0.2) is 11.4 Å². The van der Waals surface area contributed by atoms with Gasteiger partial charge in [-0.25, -0.2) is 4.98 Å². The molecule has 0 spiro atoms. The van der Waals surface area contributed by atoms with E-state index in [1.807, 2.05) is 18.3 Å². The maximum Gasteiger partial charge on any atom is 0.212 e. The first-order valence-corrected chi connectivity index (χ1v) is 4.06. The molecular weight excluding hydrogens is 152 g/mol. The second-order valence-electron chi connectivity index (χ2n) is 3.01. The van der Waals surface area contributed by atoms with E-state index in [0.29, 0.717) is 12.2 Å². The summed E-state index contributed by atoms with van der Waals surface area (Å²) in [7, 11) is 0. The molecule has 0 atom stereocenters. The Hall–Kier alpha value is -1.38. The molecule has 1 aromatic rings. The SMILES string of the molecule is O=CNc1ccc(C2CC2)cn1. The number of nitrogens with one attached hydrogen (secondary N) is 1. The second-order valence-corrected chi connectivity index (χ2v) is 3.01. The number of nitrogens with zero attached hydrogens (tertiary/aromatic N) is 1. The summed E-state index contributed by atoms with van der Waals surface area (Å²) >= 11 is 0. The molecule has 1 heterocycles. The highest BCUT2D eigenvalue weighted by Gasteiger charge is 2.23. The molecule has 1 amide bonds. The van der Waals surface area contributed by atoms with Crippen LogP contribution in [0.2, 0.25) is 0 Å². The molecule has 3 heteroatoms. The first-order valence-electron chi connectivity index (χ1n) is 4.06.